The van der Waals surface area contributed by atoms with Gasteiger partial charge in [-0.15, -0.1) is 0 Å². The standard InChI is InChI=1S/C27H24F3N5O4/c1-13-6-7-27(21-12-33(13)26(39)22-24(37)23(36)16(25(31)38)10-34(21)22)32-19-4-2-3-5-20(19)35(27)11-15-17(29)8-14(28)9-18(15)30/h2-5,8-10,13,21,32,37H,6-7,11-12H2,1H3,(H2,31,38)/t13-,21+,27?/m0/s1. The van der Waals surface area contributed by atoms with Crippen molar-refractivity contribution in [1.82, 2.24) is 9.47 Å². The summed E-state index contributed by atoms with van der Waals surface area (Å²) in [5.41, 5.74) is 3.34. The molecule has 1 spiro atoms. The summed E-state index contributed by atoms with van der Waals surface area (Å²) in [4.78, 5) is 41.6. The van der Waals surface area contributed by atoms with Gasteiger partial charge in [-0.1, -0.05) is 12.1 Å². The Bertz CT molecular complexity index is 1600. The summed E-state index contributed by atoms with van der Waals surface area (Å²) in [7, 11) is 0. The van der Waals surface area contributed by atoms with Crippen molar-refractivity contribution in [3.8, 4) is 5.75 Å². The number of para-hydroxylation sites is 2. The molecule has 4 heterocycles. The first-order chi connectivity index (χ1) is 18.5. The molecule has 0 radical (unpaired) electrons. The molecule has 6 rings (SSSR count). The minimum Gasteiger partial charge on any atom is -0.503 e. The van der Waals surface area contributed by atoms with Crippen LogP contribution in [0.5, 0.6) is 5.75 Å². The average molecular weight is 540 g/mol. The summed E-state index contributed by atoms with van der Waals surface area (Å²) in [6.07, 6.45) is 1.98. The highest BCUT2D eigenvalue weighted by molar-refractivity contribution is 5.99. The molecule has 2 bridgehead atoms. The van der Waals surface area contributed by atoms with Crippen LogP contribution in [0.25, 0.3) is 0 Å². The highest BCUT2D eigenvalue weighted by Crippen LogP contribution is 2.51. The lowest BCUT2D eigenvalue weighted by Gasteiger charge is -2.48. The van der Waals surface area contributed by atoms with Gasteiger partial charge in [0.25, 0.3) is 11.8 Å². The first-order valence-electron chi connectivity index (χ1n) is 12.4. The average Bonchev–Trinajstić information content (AvgIpc) is 3.13. The van der Waals surface area contributed by atoms with Crippen LogP contribution in [0.1, 0.15) is 52.2 Å². The number of primary amides is 1. The third kappa shape index (κ3) is 3.50. The lowest BCUT2D eigenvalue weighted by atomic mass is 9.91. The number of nitrogens with one attached hydrogen (secondary N) is 1. The molecule has 0 saturated carbocycles. The number of aromatic nitrogens is 1. The number of carbonyl (C=O) groups is 2. The van der Waals surface area contributed by atoms with Crippen molar-refractivity contribution in [3.63, 3.8) is 0 Å². The molecule has 1 saturated heterocycles. The fraction of sp³-hybridized carbons (Fsp3) is 0.296. The third-order valence-corrected chi connectivity index (χ3v) is 8.12. The Kier molecular flexibility index (Phi) is 5.42. The van der Waals surface area contributed by atoms with Crippen molar-refractivity contribution < 1.29 is 27.9 Å². The number of rotatable bonds is 3. The molecule has 9 nitrogen and oxygen atoms in total. The van der Waals surface area contributed by atoms with E-state index >= 15 is 0 Å². The Balaban J connectivity index is 1.61. The number of carbonyl (C=O) groups excluding carboxylic acids is 2. The fourth-order valence-electron chi connectivity index (χ4n) is 6.16. The predicted molar refractivity (Wildman–Crippen MR) is 135 cm³/mol. The summed E-state index contributed by atoms with van der Waals surface area (Å²) < 4.78 is 44.9. The van der Waals surface area contributed by atoms with Crippen LogP contribution >= 0.6 is 0 Å². The molecular formula is C27H24F3N5O4. The smallest absolute Gasteiger partial charge is 0.274 e. The topological polar surface area (TPSA) is 121 Å². The van der Waals surface area contributed by atoms with Gasteiger partial charge in [0.1, 0.15) is 28.7 Å². The van der Waals surface area contributed by atoms with Gasteiger partial charge in [-0.25, -0.2) is 13.2 Å². The van der Waals surface area contributed by atoms with Gasteiger partial charge < -0.3 is 30.5 Å². The molecule has 3 aliphatic heterocycles. The molecule has 1 fully saturated rings. The molecule has 202 valence electrons. The minimum absolute atomic E-state index is 0.0966. The maximum absolute atomic E-state index is 14.9. The largest absolute Gasteiger partial charge is 0.503 e. The Morgan fingerprint density at radius 1 is 1.18 bits per heavy atom. The summed E-state index contributed by atoms with van der Waals surface area (Å²) in [6.45, 7) is 1.63. The van der Waals surface area contributed by atoms with E-state index in [1.54, 1.807) is 34.1 Å². The van der Waals surface area contributed by atoms with E-state index in [0.717, 1.165) is 0 Å². The number of hydrogen-bond donors (Lipinski definition) is 3. The van der Waals surface area contributed by atoms with Crippen LogP contribution in [-0.2, 0) is 6.54 Å². The van der Waals surface area contributed by atoms with Crippen molar-refractivity contribution >= 4 is 23.2 Å². The van der Waals surface area contributed by atoms with Gasteiger partial charge in [-0.05, 0) is 31.9 Å². The van der Waals surface area contributed by atoms with Crippen molar-refractivity contribution in [3.05, 3.63) is 87.1 Å². The zero-order chi connectivity index (χ0) is 27.8. The maximum Gasteiger partial charge on any atom is 0.274 e. The van der Waals surface area contributed by atoms with Gasteiger partial charge in [-0.3, -0.25) is 14.4 Å². The Morgan fingerprint density at radius 2 is 1.87 bits per heavy atom. The summed E-state index contributed by atoms with van der Waals surface area (Å²) in [6, 6.07) is 7.30. The molecule has 2 aromatic carbocycles. The van der Waals surface area contributed by atoms with Crippen LogP contribution in [0.2, 0.25) is 0 Å². The van der Waals surface area contributed by atoms with E-state index in [2.05, 4.69) is 5.32 Å². The number of nitrogens with two attached hydrogens (primary N) is 1. The molecule has 1 aromatic heterocycles. The zero-order valence-electron chi connectivity index (χ0n) is 20.7. The number of anilines is 2. The second-order valence-electron chi connectivity index (χ2n) is 10.2. The summed E-state index contributed by atoms with van der Waals surface area (Å²) in [5.74, 6) is -5.70. The van der Waals surface area contributed by atoms with Crippen molar-refractivity contribution in [2.24, 2.45) is 5.73 Å². The van der Waals surface area contributed by atoms with Crippen molar-refractivity contribution in [2.75, 3.05) is 16.8 Å². The number of amides is 2. The van der Waals surface area contributed by atoms with Gasteiger partial charge in [-0.2, -0.15) is 0 Å². The van der Waals surface area contributed by atoms with Gasteiger partial charge in [0, 0.05) is 36.5 Å². The normalized spacial score (nSPS) is 23.3. The number of hydrogen-bond acceptors (Lipinski definition) is 6. The number of benzene rings is 2. The molecule has 3 aromatic rings. The van der Waals surface area contributed by atoms with E-state index in [4.69, 9.17) is 5.73 Å². The number of pyridine rings is 1. The van der Waals surface area contributed by atoms with E-state index in [1.165, 1.54) is 10.8 Å². The lowest BCUT2D eigenvalue weighted by molar-refractivity contribution is 0.0583. The Labute approximate surface area is 220 Å². The second-order valence-corrected chi connectivity index (χ2v) is 10.2. The SMILES string of the molecule is C[C@H]1CCC2(Nc3ccccc3N2Cc2c(F)cc(F)cc2F)[C@H]2CN1C(=O)c1c(O)c(=O)c(C(N)=O)cn12. The fourth-order valence-corrected chi connectivity index (χ4v) is 6.16. The van der Waals surface area contributed by atoms with Crippen molar-refractivity contribution in [1.29, 1.82) is 0 Å². The Morgan fingerprint density at radius 3 is 2.56 bits per heavy atom. The molecule has 1 unspecified atom stereocenters. The first-order valence-corrected chi connectivity index (χ1v) is 12.4. The zero-order valence-corrected chi connectivity index (χ0v) is 20.7. The molecule has 39 heavy (non-hydrogen) atoms. The first kappa shape index (κ1) is 24.8. The van der Waals surface area contributed by atoms with E-state index in [1.807, 2.05) is 6.92 Å². The van der Waals surface area contributed by atoms with E-state index in [0.29, 0.717) is 36.3 Å². The quantitative estimate of drug-likeness (QED) is 0.471. The van der Waals surface area contributed by atoms with Crippen LogP contribution in [0, 0.1) is 17.5 Å². The predicted octanol–water partition coefficient (Wildman–Crippen LogP) is 3.08. The van der Waals surface area contributed by atoms with Gasteiger partial charge in [0.15, 0.2) is 11.4 Å². The Hall–Kier alpha value is -4.48. The molecule has 0 aliphatic carbocycles. The molecule has 12 heteroatoms. The second kappa shape index (κ2) is 8.52. The molecule has 3 aliphatic rings. The van der Waals surface area contributed by atoms with E-state index < -0.39 is 57.7 Å². The summed E-state index contributed by atoms with van der Waals surface area (Å²) >= 11 is 0. The van der Waals surface area contributed by atoms with Crippen molar-refractivity contribution in [2.45, 2.75) is 44.1 Å². The highest BCUT2D eigenvalue weighted by Gasteiger charge is 2.56. The van der Waals surface area contributed by atoms with Gasteiger partial charge in [0.05, 0.1) is 24.0 Å². The summed E-state index contributed by atoms with van der Waals surface area (Å²) in [5, 5.41) is 14.3. The minimum atomic E-state index is -1.15. The van der Waals surface area contributed by atoms with Crippen LogP contribution < -0.4 is 21.4 Å². The third-order valence-electron chi connectivity index (χ3n) is 8.12. The number of fused-ring (bicyclic) bond motifs is 6. The maximum atomic E-state index is 14.9. The van der Waals surface area contributed by atoms with Crippen LogP contribution in [-0.4, -0.2) is 44.6 Å². The van der Waals surface area contributed by atoms with Crippen LogP contribution in [0.15, 0.2) is 47.4 Å². The van der Waals surface area contributed by atoms with Crippen LogP contribution in [0.3, 0.4) is 0 Å². The monoisotopic (exact) mass is 539 g/mol. The molecule has 2 amide bonds. The highest BCUT2D eigenvalue weighted by atomic mass is 19.1. The number of halogens is 3. The molecule has 3 atom stereocenters. The van der Waals surface area contributed by atoms with Crippen LogP contribution in [0.4, 0.5) is 24.5 Å². The number of aromatic hydroxyl groups is 1. The molecule has 4 N–H and O–H groups in total. The van der Waals surface area contributed by atoms with E-state index in [-0.39, 0.29) is 30.4 Å². The lowest BCUT2D eigenvalue weighted by Crippen LogP contribution is -2.60. The molecular weight excluding hydrogens is 515 g/mol. The number of nitrogens with zero attached hydrogens (tertiary/aromatic N) is 3. The van der Waals surface area contributed by atoms with Gasteiger partial charge in [0.2, 0.25) is 5.43 Å². The van der Waals surface area contributed by atoms with E-state index in [9.17, 15) is 32.7 Å². The van der Waals surface area contributed by atoms with Gasteiger partial charge >= 0.3 is 0 Å².